The molecule has 1 aromatic heterocycles. The fourth-order valence-electron chi connectivity index (χ4n) is 1.42. The van der Waals surface area contributed by atoms with Crippen LogP contribution in [0.2, 0.25) is 0 Å². The lowest BCUT2D eigenvalue weighted by molar-refractivity contribution is -0.290. The Balaban J connectivity index is 3.00. The van der Waals surface area contributed by atoms with Crippen LogP contribution in [0.3, 0.4) is 0 Å². The summed E-state index contributed by atoms with van der Waals surface area (Å²) in [7, 11) is 0. The first-order valence-electron chi connectivity index (χ1n) is 6.31. The molecule has 0 saturated carbocycles. The van der Waals surface area contributed by atoms with Gasteiger partial charge in [0.2, 0.25) is 5.88 Å². The van der Waals surface area contributed by atoms with Crippen molar-refractivity contribution >= 4 is 5.82 Å². The molecule has 0 aliphatic rings. The fraction of sp³-hybridized carbons (Fsp3) is 0.667. The van der Waals surface area contributed by atoms with Crippen molar-refractivity contribution in [3.8, 4) is 5.88 Å². The fourth-order valence-corrected chi connectivity index (χ4v) is 1.42. The Morgan fingerprint density at radius 1 is 1.10 bits per heavy atom. The maximum Gasteiger partial charge on any atom is 0.456 e. The smallest absolute Gasteiger partial charge is 0.456 e. The molecule has 0 spiro atoms. The van der Waals surface area contributed by atoms with Crippen molar-refractivity contribution in [1.29, 1.82) is 0 Å². The highest BCUT2D eigenvalue weighted by Crippen LogP contribution is 2.36. The number of aryl methyl sites for hydroxylation is 1. The molecule has 0 aliphatic carbocycles. The number of hydrogen-bond donors (Lipinski definition) is 1. The zero-order valence-electron chi connectivity index (χ0n) is 11.8. The van der Waals surface area contributed by atoms with Gasteiger partial charge in [0.15, 0.2) is 6.61 Å². The van der Waals surface area contributed by atoms with Crippen molar-refractivity contribution in [2.45, 2.75) is 39.3 Å². The highest BCUT2D eigenvalue weighted by atomic mass is 19.4. The summed E-state index contributed by atoms with van der Waals surface area (Å²) in [5, 5.41) is 2.88. The Morgan fingerprint density at radius 3 is 2.19 bits per heavy atom. The number of anilines is 1. The van der Waals surface area contributed by atoms with Crippen LogP contribution in [0.15, 0.2) is 0 Å². The maximum absolute atomic E-state index is 12.9. The average molecular weight is 313 g/mol. The van der Waals surface area contributed by atoms with Crippen LogP contribution in [0.5, 0.6) is 5.88 Å². The lowest BCUT2D eigenvalue weighted by atomic mass is 10.3. The van der Waals surface area contributed by atoms with Gasteiger partial charge in [-0.1, -0.05) is 6.92 Å². The lowest BCUT2D eigenvalue weighted by Crippen LogP contribution is -2.42. The molecule has 0 aromatic carbocycles. The zero-order valence-corrected chi connectivity index (χ0v) is 11.8. The van der Waals surface area contributed by atoms with Crippen LogP contribution in [0.25, 0.3) is 0 Å². The van der Waals surface area contributed by atoms with Gasteiger partial charge in [0.05, 0.1) is 5.56 Å². The molecule has 9 heteroatoms. The molecule has 0 bridgehead atoms. The SMILES string of the molecule is CCNc1nc(CC)nc(OCC(F)(F)C(F)(F)F)c1C. The third kappa shape index (κ3) is 4.15. The monoisotopic (exact) mass is 313 g/mol. The Hall–Kier alpha value is -1.67. The van der Waals surface area contributed by atoms with Gasteiger partial charge in [0.1, 0.15) is 11.6 Å². The molecule has 0 unspecified atom stereocenters. The third-order valence-corrected chi connectivity index (χ3v) is 2.61. The van der Waals surface area contributed by atoms with Gasteiger partial charge >= 0.3 is 12.1 Å². The molecule has 0 fully saturated rings. The minimum atomic E-state index is -5.66. The summed E-state index contributed by atoms with van der Waals surface area (Å²) in [6.07, 6.45) is -5.27. The molecule has 1 rings (SSSR count). The van der Waals surface area contributed by atoms with Crippen molar-refractivity contribution in [2.75, 3.05) is 18.5 Å². The van der Waals surface area contributed by atoms with E-state index in [4.69, 9.17) is 0 Å². The van der Waals surface area contributed by atoms with Gasteiger partial charge in [-0.2, -0.15) is 26.9 Å². The van der Waals surface area contributed by atoms with E-state index in [0.29, 0.717) is 24.6 Å². The van der Waals surface area contributed by atoms with E-state index in [1.54, 1.807) is 13.8 Å². The van der Waals surface area contributed by atoms with Gasteiger partial charge in [-0.3, -0.25) is 0 Å². The third-order valence-electron chi connectivity index (χ3n) is 2.61. The normalized spacial score (nSPS) is 12.4. The first-order valence-corrected chi connectivity index (χ1v) is 6.31. The summed E-state index contributed by atoms with van der Waals surface area (Å²) in [5.74, 6) is -4.56. The average Bonchev–Trinajstić information content (AvgIpc) is 2.38. The molecular weight excluding hydrogens is 297 g/mol. The van der Waals surface area contributed by atoms with Crippen molar-refractivity contribution in [1.82, 2.24) is 9.97 Å². The molecular formula is C12H16F5N3O. The number of nitrogens with zero attached hydrogens (tertiary/aromatic N) is 2. The summed E-state index contributed by atoms with van der Waals surface area (Å²) in [4.78, 5) is 7.97. The quantitative estimate of drug-likeness (QED) is 0.818. The molecule has 0 atom stereocenters. The van der Waals surface area contributed by atoms with Crippen molar-refractivity contribution in [3.05, 3.63) is 11.4 Å². The van der Waals surface area contributed by atoms with E-state index in [2.05, 4.69) is 20.0 Å². The molecule has 0 radical (unpaired) electrons. The first-order chi connectivity index (χ1) is 9.62. The van der Waals surface area contributed by atoms with E-state index >= 15 is 0 Å². The van der Waals surface area contributed by atoms with E-state index in [9.17, 15) is 22.0 Å². The molecule has 4 nitrogen and oxygen atoms in total. The summed E-state index contributed by atoms with van der Waals surface area (Å²) in [6.45, 7) is 3.71. The van der Waals surface area contributed by atoms with Crippen molar-refractivity contribution in [2.24, 2.45) is 0 Å². The van der Waals surface area contributed by atoms with E-state index in [1.807, 2.05) is 0 Å². The minimum absolute atomic E-state index is 0.276. The Labute approximate surface area is 118 Å². The van der Waals surface area contributed by atoms with Crippen molar-refractivity contribution in [3.63, 3.8) is 0 Å². The molecule has 21 heavy (non-hydrogen) atoms. The van der Waals surface area contributed by atoms with Gasteiger partial charge in [-0.25, -0.2) is 4.98 Å². The largest absolute Gasteiger partial charge is 0.471 e. The highest BCUT2D eigenvalue weighted by Gasteiger charge is 2.58. The zero-order chi connectivity index (χ0) is 16.3. The van der Waals surface area contributed by atoms with Gasteiger partial charge < -0.3 is 10.1 Å². The lowest BCUT2D eigenvalue weighted by Gasteiger charge is -2.20. The van der Waals surface area contributed by atoms with Crippen LogP contribution in [-0.4, -0.2) is 35.2 Å². The number of alkyl halides is 5. The molecule has 1 heterocycles. The number of rotatable bonds is 6. The Morgan fingerprint density at radius 2 is 1.71 bits per heavy atom. The topological polar surface area (TPSA) is 47.0 Å². The second kappa shape index (κ2) is 6.40. The van der Waals surface area contributed by atoms with Gasteiger partial charge in [0, 0.05) is 13.0 Å². The molecule has 120 valence electrons. The number of halogens is 5. The first kappa shape index (κ1) is 17.4. The molecule has 1 N–H and O–H groups in total. The molecule has 1 aromatic rings. The van der Waals surface area contributed by atoms with Crippen LogP contribution in [0.4, 0.5) is 27.8 Å². The molecule has 0 saturated heterocycles. The molecule has 0 amide bonds. The van der Waals surface area contributed by atoms with Crippen LogP contribution in [-0.2, 0) is 6.42 Å². The van der Waals surface area contributed by atoms with Crippen LogP contribution < -0.4 is 10.1 Å². The van der Waals surface area contributed by atoms with E-state index in [-0.39, 0.29) is 11.4 Å². The Kier molecular flexibility index (Phi) is 5.30. The Bertz CT molecular complexity index is 491. The van der Waals surface area contributed by atoms with Gasteiger partial charge in [-0.15, -0.1) is 0 Å². The number of ether oxygens (including phenoxy) is 1. The van der Waals surface area contributed by atoms with Gasteiger partial charge in [0.25, 0.3) is 0 Å². The summed E-state index contributed by atoms with van der Waals surface area (Å²) >= 11 is 0. The number of aromatic nitrogens is 2. The van der Waals surface area contributed by atoms with Crippen LogP contribution in [0.1, 0.15) is 25.2 Å². The highest BCUT2D eigenvalue weighted by molar-refractivity contribution is 5.48. The van der Waals surface area contributed by atoms with Crippen molar-refractivity contribution < 1.29 is 26.7 Å². The van der Waals surface area contributed by atoms with Gasteiger partial charge in [-0.05, 0) is 13.8 Å². The standard InChI is InChI=1S/C12H16F5N3O/c1-4-8-19-9(18-5-2)7(3)10(20-8)21-6-11(13,14)12(15,16)17/h4-6H2,1-3H3,(H,18,19,20). The van der Waals surface area contributed by atoms with E-state index in [1.165, 1.54) is 6.92 Å². The minimum Gasteiger partial charge on any atom is -0.471 e. The van der Waals surface area contributed by atoms with E-state index < -0.39 is 18.7 Å². The second-order valence-electron chi connectivity index (χ2n) is 4.29. The predicted molar refractivity (Wildman–Crippen MR) is 66.8 cm³/mol. The molecule has 0 aliphatic heterocycles. The second-order valence-corrected chi connectivity index (χ2v) is 4.29. The summed E-state index contributed by atoms with van der Waals surface area (Å²) in [5.41, 5.74) is 0.284. The summed E-state index contributed by atoms with van der Waals surface area (Å²) < 4.78 is 66.7. The van der Waals surface area contributed by atoms with Crippen LogP contribution >= 0.6 is 0 Å². The maximum atomic E-state index is 12.9. The predicted octanol–water partition coefficient (Wildman–Crippen LogP) is 3.36. The number of nitrogens with one attached hydrogen (secondary N) is 1. The van der Waals surface area contributed by atoms with Crippen LogP contribution in [0, 0.1) is 6.92 Å². The summed E-state index contributed by atoms with van der Waals surface area (Å²) in [6, 6.07) is 0. The number of hydrogen-bond acceptors (Lipinski definition) is 4. The van der Waals surface area contributed by atoms with E-state index in [0.717, 1.165) is 0 Å².